The monoisotopic (exact) mass is 164 g/mol. The zero-order valence-electron chi connectivity index (χ0n) is 6.95. The summed E-state index contributed by atoms with van der Waals surface area (Å²) in [6.45, 7) is 0. The minimum Gasteiger partial charge on any atom is -0.299 e. The van der Waals surface area contributed by atoms with Gasteiger partial charge in [-0.2, -0.15) is 0 Å². The Labute approximate surface area is 71.3 Å². The van der Waals surface area contributed by atoms with E-state index in [4.69, 9.17) is 0 Å². The summed E-state index contributed by atoms with van der Waals surface area (Å²) >= 11 is 0. The van der Waals surface area contributed by atoms with Gasteiger partial charge < -0.3 is 0 Å². The number of rotatable bonds is 0. The second-order valence-corrected chi connectivity index (χ2v) is 4.39. The van der Waals surface area contributed by atoms with Crippen molar-refractivity contribution in [3.63, 3.8) is 0 Å². The Kier molecular flexibility index (Phi) is 1.12. The van der Waals surface area contributed by atoms with Gasteiger partial charge in [0.05, 0.1) is 0 Å². The molecule has 64 valence electrons. The molecule has 0 bridgehead atoms. The van der Waals surface area contributed by atoms with Gasteiger partial charge in [-0.05, 0) is 24.7 Å². The molecule has 3 saturated carbocycles. The van der Waals surface area contributed by atoms with Gasteiger partial charge >= 0.3 is 0 Å². The third-order valence-electron chi connectivity index (χ3n) is 4.05. The Morgan fingerprint density at radius 1 is 0.833 bits per heavy atom. The molecule has 2 heteroatoms. The molecule has 4 atom stereocenters. The van der Waals surface area contributed by atoms with Crippen molar-refractivity contribution in [3.8, 4) is 0 Å². The van der Waals surface area contributed by atoms with Crippen LogP contribution in [0.15, 0.2) is 0 Å². The van der Waals surface area contributed by atoms with E-state index in [0.717, 1.165) is 25.7 Å². The maximum absolute atomic E-state index is 11.4. The van der Waals surface area contributed by atoms with Crippen molar-refractivity contribution >= 4 is 11.6 Å². The fourth-order valence-corrected chi connectivity index (χ4v) is 3.54. The van der Waals surface area contributed by atoms with Crippen LogP contribution in [0, 0.1) is 23.7 Å². The Balaban J connectivity index is 1.93. The van der Waals surface area contributed by atoms with Gasteiger partial charge in [0.1, 0.15) is 11.6 Å². The first-order valence-corrected chi connectivity index (χ1v) is 4.84. The zero-order valence-corrected chi connectivity index (χ0v) is 6.95. The number of Topliss-reactive ketones (excluding diaryl/α,β-unsaturated/α-hetero) is 2. The Hall–Kier alpha value is -0.660. The molecular formula is C10H12O2. The van der Waals surface area contributed by atoms with E-state index in [1.807, 2.05) is 0 Å². The highest BCUT2D eigenvalue weighted by atomic mass is 16.1. The second kappa shape index (κ2) is 1.98. The molecular weight excluding hydrogens is 152 g/mol. The minimum absolute atomic E-state index is 0.171. The van der Waals surface area contributed by atoms with Gasteiger partial charge in [-0.25, -0.2) is 0 Å². The number of carbonyl (C=O) groups excluding carboxylic acids is 2. The zero-order chi connectivity index (χ0) is 8.29. The summed E-state index contributed by atoms with van der Waals surface area (Å²) in [4.78, 5) is 22.7. The standard InChI is InChI=1S/C10H12O2/c11-7-3-1-5-6-2-4-8(12)10(6)9(5)7/h5-6,9-10H,1-4H2/t5-,6+,9+,10-. The number of fused-ring (bicyclic) bond motifs is 4. The summed E-state index contributed by atoms with van der Waals surface area (Å²) in [6, 6.07) is 0. The van der Waals surface area contributed by atoms with Crippen LogP contribution in [0.1, 0.15) is 25.7 Å². The molecule has 0 aromatic rings. The quantitative estimate of drug-likeness (QED) is 0.539. The van der Waals surface area contributed by atoms with E-state index in [0.29, 0.717) is 23.4 Å². The fraction of sp³-hybridized carbons (Fsp3) is 0.800. The molecule has 0 amide bonds. The SMILES string of the molecule is O=C1CC[C@@H]2[C@@H]3CCC(=O)[C@@H]3[C@H]12. The molecule has 3 fully saturated rings. The highest BCUT2D eigenvalue weighted by Gasteiger charge is 2.61. The van der Waals surface area contributed by atoms with Crippen LogP contribution in [0.4, 0.5) is 0 Å². The summed E-state index contributed by atoms with van der Waals surface area (Å²) < 4.78 is 0. The van der Waals surface area contributed by atoms with Crippen molar-refractivity contribution in [2.75, 3.05) is 0 Å². The largest absolute Gasteiger partial charge is 0.299 e. The van der Waals surface area contributed by atoms with E-state index in [9.17, 15) is 9.59 Å². The molecule has 3 rings (SSSR count). The molecule has 0 radical (unpaired) electrons. The number of hydrogen-bond donors (Lipinski definition) is 0. The van der Waals surface area contributed by atoms with Gasteiger partial charge in [0, 0.05) is 24.7 Å². The molecule has 0 N–H and O–H groups in total. The molecule has 3 aliphatic carbocycles. The van der Waals surface area contributed by atoms with Crippen LogP contribution in [0.2, 0.25) is 0 Å². The van der Waals surface area contributed by atoms with E-state index in [1.54, 1.807) is 0 Å². The Morgan fingerprint density at radius 3 is 1.67 bits per heavy atom. The third kappa shape index (κ3) is 0.584. The van der Waals surface area contributed by atoms with Crippen LogP contribution < -0.4 is 0 Å². The molecule has 2 nitrogen and oxygen atoms in total. The summed E-state index contributed by atoms with van der Waals surface area (Å²) in [6.07, 6.45) is 3.63. The maximum Gasteiger partial charge on any atom is 0.137 e. The van der Waals surface area contributed by atoms with E-state index in [1.165, 1.54) is 0 Å². The minimum atomic E-state index is 0.171. The van der Waals surface area contributed by atoms with Crippen LogP contribution in [-0.2, 0) is 9.59 Å². The molecule has 3 aliphatic rings. The van der Waals surface area contributed by atoms with Crippen LogP contribution >= 0.6 is 0 Å². The molecule has 0 saturated heterocycles. The summed E-state index contributed by atoms with van der Waals surface area (Å²) in [5, 5.41) is 0. The van der Waals surface area contributed by atoms with Crippen LogP contribution in [0.25, 0.3) is 0 Å². The third-order valence-corrected chi connectivity index (χ3v) is 4.05. The molecule has 0 aromatic carbocycles. The second-order valence-electron chi connectivity index (χ2n) is 4.39. The summed E-state index contributed by atoms with van der Waals surface area (Å²) in [7, 11) is 0. The van der Waals surface area contributed by atoms with Gasteiger partial charge in [0.15, 0.2) is 0 Å². The average molecular weight is 164 g/mol. The molecule has 12 heavy (non-hydrogen) atoms. The first-order valence-electron chi connectivity index (χ1n) is 4.84. The molecule has 0 aliphatic heterocycles. The smallest absolute Gasteiger partial charge is 0.137 e. The lowest BCUT2D eigenvalue weighted by molar-refractivity contribution is -0.139. The molecule has 0 spiro atoms. The lowest BCUT2D eigenvalue weighted by atomic mass is 9.59. The average Bonchev–Trinajstić information content (AvgIpc) is 2.41. The lowest BCUT2D eigenvalue weighted by Gasteiger charge is -2.42. The number of hydrogen-bond acceptors (Lipinski definition) is 2. The van der Waals surface area contributed by atoms with Gasteiger partial charge in [-0.3, -0.25) is 9.59 Å². The number of ketones is 2. The first-order chi connectivity index (χ1) is 5.79. The predicted molar refractivity (Wildman–Crippen MR) is 42.4 cm³/mol. The van der Waals surface area contributed by atoms with Crippen molar-refractivity contribution < 1.29 is 9.59 Å². The van der Waals surface area contributed by atoms with E-state index in [-0.39, 0.29) is 11.8 Å². The lowest BCUT2D eigenvalue weighted by Crippen LogP contribution is -2.46. The summed E-state index contributed by atoms with van der Waals surface area (Å²) in [5.41, 5.74) is 0. The highest BCUT2D eigenvalue weighted by molar-refractivity contribution is 5.95. The fourth-order valence-electron chi connectivity index (χ4n) is 3.54. The van der Waals surface area contributed by atoms with E-state index < -0.39 is 0 Å². The van der Waals surface area contributed by atoms with Crippen LogP contribution in [0.5, 0.6) is 0 Å². The summed E-state index contributed by atoms with van der Waals surface area (Å²) in [5.74, 6) is 2.30. The van der Waals surface area contributed by atoms with Crippen LogP contribution in [-0.4, -0.2) is 11.6 Å². The van der Waals surface area contributed by atoms with Gasteiger partial charge in [-0.15, -0.1) is 0 Å². The van der Waals surface area contributed by atoms with Crippen LogP contribution in [0.3, 0.4) is 0 Å². The topological polar surface area (TPSA) is 34.1 Å². The van der Waals surface area contributed by atoms with Crippen molar-refractivity contribution in [1.29, 1.82) is 0 Å². The first kappa shape index (κ1) is 6.81. The Bertz CT molecular complexity index is 241. The van der Waals surface area contributed by atoms with Crippen molar-refractivity contribution in [3.05, 3.63) is 0 Å². The van der Waals surface area contributed by atoms with E-state index in [2.05, 4.69) is 0 Å². The van der Waals surface area contributed by atoms with Gasteiger partial charge in [0.25, 0.3) is 0 Å². The normalized spacial score (nSPS) is 50.3. The van der Waals surface area contributed by atoms with Gasteiger partial charge in [-0.1, -0.05) is 0 Å². The van der Waals surface area contributed by atoms with Crippen molar-refractivity contribution in [2.24, 2.45) is 23.7 Å². The van der Waals surface area contributed by atoms with Crippen molar-refractivity contribution in [2.45, 2.75) is 25.7 Å². The van der Waals surface area contributed by atoms with Crippen molar-refractivity contribution in [1.82, 2.24) is 0 Å². The predicted octanol–water partition coefficient (Wildman–Crippen LogP) is 1.19. The Morgan fingerprint density at radius 2 is 1.25 bits per heavy atom. The number of carbonyl (C=O) groups is 2. The van der Waals surface area contributed by atoms with E-state index >= 15 is 0 Å². The van der Waals surface area contributed by atoms with Gasteiger partial charge in [0.2, 0.25) is 0 Å². The molecule has 0 aromatic heterocycles. The maximum atomic E-state index is 11.4. The highest BCUT2D eigenvalue weighted by Crippen LogP contribution is 2.59. The molecule has 0 unspecified atom stereocenters. The molecule has 0 heterocycles.